The number of ether oxygens (including phenoxy) is 1. The van der Waals surface area contributed by atoms with Crippen LogP contribution in [0.1, 0.15) is 22.6 Å². The molecular formula is C27H20F2N6O. The van der Waals surface area contributed by atoms with Crippen molar-refractivity contribution in [1.29, 1.82) is 0 Å². The Morgan fingerprint density at radius 3 is 2.47 bits per heavy atom. The molecule has 0 atom stereocenters. The van der Waals surface area contributed by atoms with Crippen molar-refractivity contribution in [2.24, 2.45) is 7.05 Å². The maximum atomic E-state index is 15.3. The van der Waals surface area contributed by atoms with Gasteiger partial charge in [-0.1, -0.05) is 12.0 Å². The third-order valence-electron chi connectivity index (χ3n) is 5.91. The Balaban J connectivity index is 1.74. The second-order valence-corrected chi connectivity index (χ2v) is 8.30. The molecule has 5 aromatic rings. The maximum absolute atomic E-state index is 15.3. The molecule has 4 heterocycles. The number of benzene rings is 1. The van der Waals surface area contributed by atoms with Crippen LogP contribution in [0.4, 0.5) is 8.78 Å². The molecule has 7 nitrogen and oxygen atoms in total. The molecule has 0 bridgehead atoms. The molecule has 0 N–H and O–H groups in total. The van der Waals surface area contributed by atoms with Crippen LogP contribution >= 0.6 is 0 Å². The van der Waals surface area contributed by atoms with E-state index in [0.29, 0.717) is 44.8 Å². The van der Waals surface area contributed by atoms with Crippen LogP contribution in [-0.4, -0.2) is 29.5 Å². The van der Waals surface area contributed by atoms with Gasteiger partial charge in [-0.2, -0.15) is 4.39 Å². The molecule has 0 saturated carbocycles. The fourth-order valence-electron chi connectivity index (χ4n) is 4.28. The van der Waals surface area contributed by atoms with E-state index in [4.69, 9.17) is 11.2 Å². The van der Waals surface area contributed by atoms with Crippen LogP contribution in [0.5, 0.6) is 11.8 Å². The summed E-state index contributed by atoms with van der Waals surface area (Å²) in [4.78, 5) is 20.8. The van der Waals surface area contributed by atoms with E-state index in [2.05, 4.69) is 30.8 Å². The van der Waals surface area contributed by atoms with Gasteiger partial charge in [0.15, 0.2) is 11.6 Å². The van der Waals surface area contributed by atoms with Crippen LogP contribution in [0.2, 0.25) is 0 Å². The van der Waals surface area contributed by atoms with Crippen molar-refractivity contribution in [2.75, 3.05) is 0 Å². The van der Waals surface area contributed by atoms with Crippen LogP contribution in [0.15, 0.2) is 42.9 Å². The van der Waals surface area contributed by atoms with Gasteiger partial charge in [-0.25, -0.2) is 29.3 Å². The van der Waals surface area contributed by atoms with E-state index < -0.39 is 11.8 Å². The lowest BCUT2D eigenvalue weighted by Gasteiger charge is -2.13. The summed E-state index contributed by atoms with van der Waals surface area (Å²) in [7, 11) is 1.77. The van der Waals surface area contributed by atoms with E-state index in [1.807, 2.05) is 6.92 Å². The van der Waals surface area contributed by atoms with Gasteiger partial charge >= 0.3 is 6.01 Å². The first kappa shape index (κ1) is 23.1. The number of rotatable bonds is 4. The van der Waals surface area contributed by atoms with Gasteiger partial charge in [-0.15, -0.1) is 6.42 Å². The molecule has 4 aromatic heterocycles. The third-order valence-corrected chi connectivity index (χ3v) is 5.91. The Kier molecular flexibility index (Phi) is 5.65. The van der Waals surface area contributed by atoms with E-state index >= 15 is 8.78 Å². The predicted molar refractivity (Wildman–Crippen MR) is 131 cm³/mol. The van der Waals surface area contributed by atoms with Crippen LogP contribution in [-0.2, 0) is 7.05 Å². The van der Waals surface area contributed by atoms with Gasteiger partial charge in [0.2, 0.25) is 5.95 Å². The van der Waals surface area contributed by atoms with Crippen molar-refractivity contribution in [3.63, 3.8) is 0 Å². The monoisotopic (exact) mass is 482 g/mol. The quantitative estimate of drug-likeness (QED) is 0.250. The highest BCUT2D eigenvalue weighted by Gasteiger charge is 2.26. The summed E-state index contributed by atoms with van der Waals surface area (Å²) in [6, 6.07) is 7.89. The zero-order valence-corrected chi connectivity index (χ0v) is 20.0. The van der Waals surface area contributed by atoms with Crippen molar-refractivity contribution in [2.45, 2.75) is 20.8 Å². The zero-order chi connectivity index (χ0) is 25.6. The van der Waals surface area contributed by atoms with E-state index in [0.717, 1.165) is 0 Å². The smallest absolute Gasteiger partial charge is 0.322 e. The first-order valence-electron chi connectivity index (χ1n) is 11.0. The van der Waals surface area contributed by atoms with Crippen molar-refractivity contribution in [1.82, 2.24) is 29.5 Å². The molecule has 178 valence electrons. The number of halogens is 2. The van der Waals surface area contributed by atoms with Crippen LogP contribution in [0.25, 0.3) is 33.4 Å². The maximum Gasteiger partial charge on any atom is 0.322 e. The summed E-state index contributed by atoms with van der Waals surface area (Å²) in [5.74, 6) is 0.971. The number of aromatic nitrogens is 6. The number of terminal acetylenes is 1. The van der Waals surface area contributed by atoms with Crippen LogP contribution < -0.4 is 4.74 Å². The molecule has 0 spiro atoms. The minimum absolute atomic E-state index is 0.0362. The summed E-state index contributed by atoms with van der Waals surface area (Å²) in [6.45, 7) is 5.36. The molecule has 0 unspecified atom stereocenters. The summed E-state index contributed by atoms with van der Waals surface area (Å²) < 4.78 is 38.0. The lowest BCUT2D eigenvalue weighted by molar-refractivity contribution is 0.410. The van der Waals surface area contributed by atoms with Gasteiger partial charge < -0.3 is 9.30 Å². The molecule has 0 amide bonds. The Labute approximate surface area is 205 Å². The minimum atomic E-state index is -0.724. The molecule has 36 heavy (non-hydrogen) atoms. The van der Waals surface area contributed by atoms with Gasteiger partial charge in [0.05, 0.1) is 17.0 Å². The molecule has 0 aliphatic carbocycles. The van der Waals surface area contributed by atoms with Crippen molar-refractivity contribution in [3.05, 3.63) is 77.3 Å². The molecule has 0 aliphatic rings. The second-order valence-electron chi connectivity index (χ2n) is 8.30. The number of pyridine rings is 1. The molecular weight excluding hydrogens is 462 g/mol. The van der Waals surface area contributed by atoms with E-state index in [1.54, 1.807) is 43.7 Å². The van der Waals surface area contributed by atoms with Gasteiger partial charge in [-0.3, -0.25) is 0 Å². The van der Waals surface area contributed by atoms with Gasteiger partial charge in [-0.05, 0) is 56.2 Å². The van der Waals surface area contributed by atoms with Gasteiger partial charge in [0, 0.05) is 29.9 Å². The summed E-state index contributed by atoms with van der Waals surface area (Å²) in [5, 5.41) is 0.671. The topological polar surface area (TPSA) is 78.6 Å². The number of fused-ring (bicyclic) bond motifs is 1. The summed E-state index contributed by atoms with van der Waals surface area (Å²) >= 11 is 0. The summed E-state index contributed by atoms with van der Waals surface area (Å²) in [5.41, 5.74) is 4.49. The average molecular weight is 482 g/mol. The normalized spacial score (nSPS) is 11.0. The lowest BCUT2D eigenvalue weighted by atomic mass is 9.96. The fourth-order valence-corrected chi connectivity index (χ4v) is 4.28. The molecule has 0 radical (unpaired) electrons. The molecule has 1 aromatic carbocycles. The Morgan fingerprint density at radius 2 is 1.78 bits per heavy atom. The average Bonchev–Trinajstić information content (AvgIpc) is 3.13. The number of hydrogen-bond acceptors (Lipinski definition) is 6. The van der Waals surface area contributed by atoms with Gasteiger partial charge in [0.1, 0.15) is 17.7 Å². The highest BCUT2D eigenvalue weighted by Crippen LogP contribution is 2.43. The molecule has 9 heteroatoms. The van der Waals surface area contributed by atoms with E-state index in [1.165, 1.54) is 24.7 Å². The number of nitrogens with zero attached hydrogens (tertiary/aromatic N) is 6. The van der Waals surface area contributed by atoms with E-state index in [-0.39, 0.29) is 23.0 Å². The first-order chi connectivity index (χ1) is 17.3. The molecule has 0 aliphatic heterocycles. The van der Waals surface area contributed by atoms with Crippen molar-refractivity contribution >= 4 is 11.0 Å². The van der Waals surface area contributed by atoms with Gasteiger partial charge in [0.25, 0.3) is 0 Å². The third kappa shape index (κ3) is 3.82. The Hall–Kier alpha value is -4.71. The minimum Gasteiger partial charge on any atom is -0.421 e. The highest BCUT2D eigenvalue weighted by molar-refractivity contribution is 6.04. The van der Waals surface area contributed by atoms with Crippen LogP contribution in [0, 0.1) is 44.9 Å². The first-order valence-corrected chi connectivity index (χ1v) is 11.0. The number of aryl methyl sites for hydroxylation is 4. The summed E-state index contributed by atoms with van der Waals surface area (Å²) in [6.07, 6.45) is 8.41. The molecule has 5 rings (SSSR count). The van der Waals surface area contributed by atoms with Crippen molar-refractivity contribution < 1.29 is 13.5 Å². The molecule has 0 fully saturated rings. The van der Waals surface area contributed by atoms with E-state index in [9.17, 15) is 0 Å². The SMILES string of the molecule is C#Cc1cc(C)c(-c2c(-c3ccc(Oc4nccc(C)n4)c(F)c3)c3c(C)ncnc3n2C)c(F)n1. The standard InChI is InChI=1S/C27H20F2N6O/c1-6-18-11-14(2)21(25(29)34-18)24-23(22-16(4)31-13-32-26(22)35(24)5)17-7-8-20(19(28)12-17)36-27-30-10-9-15(3)33-27/h1,7-13H,2-5H3. The largest absolute Gasteiger partial charge is 0.421 e. The van der Waals surface area contributed by atoms with Crippen molar-refractivity contribution in [3.8, 4) is 46.5 Å². The fraction of sp³-hybridized carbons (Fsp3) is 0.148. The molecule has 0 saturated heterocycles. The predicted octanol–water partition coefficient (Wildman–Crippen LogP) is 5.46. The Morgan fingerprint density at radius 1 is 0.972 bits per heavy atom. The number of hydrogen-bond donors (Lipinski definition) is 0. The van der Waals surface area contributed by atoms with Crippen LogP contribution in [0.3, 0.4) is 0 Å². The lowest BCUT2D eigenvalue weighted by Crippen LogP contribution is -2.02. The second kappa shape index (κ2) is 8.82. The highest BCUT2D eigenvalue weighted by atomic mass is 19.1. The zero-order valence-electron chi connectivity index (χ0n) is 20.0. The Bertz CT molecular complexity index is 1680.